The summed E-state index contributed by atoms with van der Waals surface area (Å²) in [4.78, 5) is 14.1. The molecular formula is C15H20BrNO. The highest BCUT2D eigenvalue weighted by Crippen LogP contribution is 2.21. The second kappa shape index (κ2) is 6.93. The molecule has 1 aromatic rings. The molecule has 1 heterocycles. The molecule has 1 unspecified atom stereocenters. The summed E-state index contributed by atoms with van der Waals surface area (Å²) in [5, 5.41) is 1.05. The number of alkyl halides is 1. The molecule has 0 radical (unpaired) electrons. The smallest absolute Gasteiger partial charge is 0.222 e. The fraction of sp³-hybridized carbons (Fsp3) is 0.533. The van der Waals surface area contributed by atoms with Crippen molar-refractivity contribution in [2.75, 3.05) is 18.4 Å². The van der Waals surface area contributed by atoms with E-state index in [0.717, 1.165) is 24.8 Å². The van der Waals surface area contributed by atoms with Gasteiger partial charge in [-0.05, 0) is 30.7 Å². The van der Waals surface area contributed by atoms with E-state index in [1.165, 1.54) is 18.4 Å². The summed E-state index contributed by atoms with van der Waals surface area (Å²) < 4.78 is 0. The average Bonchev–Trinajstić information content (AvgIpc) is 2.86. The van der Waals surface area contributed by atoms with E-state index in [1.807, 2.05) is 23.1 Å². The first-order chi connectivity index (χ1) is 8.79. The Morgan fingerprint density at radius 1 is 1.33 bits per heavy atom. The summed E-state index contributed by atoms with van der Waals surface area (Å²) in [7, 11) is 0. The van der Waals surface area contributed by atoms with E-state index in [0.29, 0.717) is 18.2 Å². The minimum Gasteiger partial charge on any atom is -0.342 e. The number of hydrogen-bond acceptors (Lipinski definition) is 1. The second-order valence-electron chi connectivity index (χ2n) is 4.96. The topological polar surface area (TPSA) is 20.3 Å². The van der Waals surface area contributed by atoms with Crippen molar-refractivity contribution in [1.82, 2.24) is 4.90 Å². The van der Waals surface area contributed by atoms with E-state index in [4.69, 9.17) is 0 Å². The number of rotatable bonds is 5. The Bertz CT molecular complexity index is 379. The van der Waals surface area contributed by atoms with Gasteiger partial charge in [0.2, 0.25) is 5.91 Å². The van der Waals surface area contributed by atoms with E-state index in [-0.39, 0.29) is 0 Å². The molecule has 1 saturated heterocycles. The van der Waals surface area contributed by atoms with Crippen LogP contribution in [0.3, 0.4) is 0 Å². The second-order valence-corrected chi connectivity index (χ2v) is 5.75. The normalized spacial score (nSPS) is 19.2. The summed E-state index contributed by atoms with van der Waals surface area (Å²) in [5.74, 6) is 1.01. The highest BCUT2D eigenvalue weighted by Gasteiger charge is 2.25. The van der Waals surface area contributed by atoms with Crippen molar-refractivity contribution >= 4 is 21.8 Å². The molecule has 1 amide bonds. The third-order valence-electron chi connectivity index (χ3n) is 3.63. The van der Waals surface area contributed by atoms with Gasteiger partial charge in [-0.3, -0.25) is 4.79 Å². The quantitative estimate of drug-likeness (QED) is 0.765. The maximum atomic E-state index is 12.1. The maximum Gasteiger partial charge on any atom is 0.222 e. The number of benzene rings is 1. The molecule has 0 N–H and O–H groups in total. The van der Waals surface area contributed by atoms with Crippen LogP contribution in [0, 0.1) is 5.92 Å². The third kappa shape index (κ3) is 3.84. The molecule has 98 valence electrons. The molecular weight excluding hydrogens is 290 g/mol. The zero-order valence-corrected chi connectivity index (χ0v) is 12.2. The first kappa shape index (κ1) is 13.6. The summed E-state index contributed by atoms with van der Waals surface area (Å²) in [6.45, 7) is 1.91. The molecule has 0 saturated carbocycles. The Morgan fingerprint density at radius 3 is 2.83 bits per heavy atom. The van der Waals surface area contributed by atoms with Crippen LogP contribution in [0.1, 0.15) is 24.8 Å². The van der Waals surface area contributed by atoms with Gasteiger partial charge in [-0.25, -0.2) is 0 Å². The fourth-order valence-corrected chi connectivity index (χ4v) is 3.15. The SMILES string of the molecule is O=C(CCc1ccccc1)N1CCC(CCBr)C1. The summed E-state index contributed by atoms with van der Waals surface area (Å²) in [6.07, 6.45) is 3.86. The fourth-order valence-electron chi connectivity index (χ4n) is 2.50. The number of halogens is 1. The molecule has 3 heteroatoms. The molecule has 1 atom stereocenters. The minimum absolute atomic E-state index is 0.316. The van der Waals surface area contributed by atoms with Crippen LogP contribution in [-0.2, 0) is 11.2 Å². The van der Waals surface area contributed by atoms with Gasteiger partial charge in [0.15, 0.2) is 0 Å². The molecule has 2 rings (SSSR count). The number of hydrogen-bond donors (Lipinski definition) is 0. The first-order valence-corrected chi connectivity index (χ1v) is 7.79. The average molecular weight is 310 g/mol. The van der Waals surface area contributed by atoms with Crippen molar-refractivity contribution in [3.8, 4) is 0 Å². The number of nitrogens with zero attached hydrogens (tertiary/aromatic N) is 1. The van der Waals surface area contributed by atoms with Crippen molar-refractivity contribution < 1.29 is 4.79 Å². The van der Waals surface area contributed by atoms with Gasteiger partial charge in [0.25, 0.3) is 0 Å². The Morgan fingerprint density at radius 2 is 2.11 bits per heavy atom. The van der Waals surface area contributed by atoms with Crippen LogP contribution in [0.4, 0.5) is 0 Å². The lowest BCUT2D eigenvalue weighted by molar-refractivity contribution is -0.130. The van der Waals surface area contributed by atoms with Crippen LogP contribution >= 0.6 is 15.9 Å². The number of carbonyl (C=O) groups excluding carboxylic acids is 1. The molecule has 0 spiro atoms. The largest absolute Gasteiger partial charge is 0.342 e. The van der Waals surface area contributed by atoms with Crippen molar-refractivity contribution in [2.24, 2.45) is 5.92 Å². The Balaban J connectivity index is 1.76. The van der Waals surface area contributed by atoms with Gasteiger partial charge in [0.05, 0.1) is 0 Å². The van der Waals surface area contributed by atoms with Crippen molar-refractivity contribution in [1.29, 1.82) is 0 Å². The lowest BCUT2D eigenvalue weighted by Crippen LogP contribution is -2.28. The molecule has 1 aromatic carbocycles. The molecule has 18 heavy (non-hydrogen) atoms. The van der Waals surface area contributed by atoms with Crippen molar-refractivity contribution in [3.63, 3.8) is 0 Å². The van der Waals surface area contributed by atoms with Gasteiger partial charge in [0, 0.05) is 24.8 Å². The van der Waals surface area contributed by atoms with Crippen LogP contribution in [0.25, 0.3) is 0 Å². The van der Waals surface area contributed by atoms with Crippen LogP contribution in [0.5, 0.6) is 0 Å². The number of amides is 1. The standard InChI is InChI=1S/C15H20BrNO/c16-10-8-14-9-11-17(12-14)15(18)7-6-13-4-2-1-3-5-13/h1-5,14H,6-12H2. The van der Waals surface area contributed by atoms with E-state index in [9.17, 15) is 4.79 Å². The molecule has 0 bridgehead atoms. The summed E-state index contributed by atoms with van der Waals surface area (Å²) in [5.41, 5.74) is 1.25. The Labute approximate surface area is 117 Å². The summed E-state index contributed by atoms with van der Waals surface area (Å²) in [6, 6.07) is 10.2. The number of carbonyl (C=O) groups is 1. The van der Waals surface area contributed by atoms with Crippen LogP contribution in [0.2, 0.25) is 0 Å². The van der Waals surface area contributed by atoms with Gasteiger partial charge >= 0.3 is 0 Å². The van der Waals surface area contributed by atoms with E-state index < -0.39 is 0 Å². The summed E-state index contributed by atoms with van der Waals surface area (Å²) >= 11 is 3.47. The lowest BCUT2D eigenvalue weighted by Gasteiger charge is -2.16. The van der Waals surface area contributed by atoms with Crippen LogP contribution < -0.4 is 0 Å². The monoisotopic (exact) mass is 309 g/mol. The minimum atomic E-state index is 0.316. The van der Waals surface area contributed by atoms with Crippen LogP contribution in [-0.4, -0.2) is 29.2 Å². The van der Waals surface area contributed by atoms with Gasteiger partial charge in [-0.1, -0.05) is 46.3 Å². The van der Waals surface area contributed by atoms with Crippen molar-refractivity contribution in [3.05, 3.63) is 35.9 Å². The van der Waals surface area contributed by atoms with Gasteiger partial charge in [0.1, 0.15) is 0 Å². The predicted octanol–water partition coefficient (Wildman–Crippen LogP) is 3.25. The molecule has 0 aliphatic carbocycles. The predicted molar refractivity (Wildman–Crippen MR) is 77.9 cm³/mol. The van der Waals surface area contributed by atoms with E-state index >= 15 is 0 Å². The Kier molecular flexibility index (Phi) is 5.24. The number of aryl methyl sites for hydroxylation is 1. The highest BCUT2D eigenvalue weighted by molar-refractivity contribution is 9.09. The van der Waals surface area contributed by atoms with Gasteiger partial charge in [-0.2, -0.15) is 0 Å². The van der Waals surface area contributed by atoms with Gasteiger partial charge in [-0.15, -0.1) is 0 Å². The van der Waals surface area contributed by atoms with E-state index in [1.54, 1.807) is 0 Å². The lowest BCUT2D eigenvalue weighted by atomic mass is 10.1. The third-order valence-corrected chi connectivity index (χ3v) is 4.08. The molecule has 1 aliphatic rings. The molecule has 0 aromatic heterocycles. The van der Waals surface area contributed by atoms with Crippen molar-refractivity contribution in [2.45, 2.75) is 25.7 Å². The van der Waals surface area contributed by atoms with E-state index in [2.05, 4.69) is 28.1 Å². The Hall–Kier alpha value is -0.830. The number of likely N-dealkylation sites (tertiary alicyclic amines) is 1. The highest BCUT2D eigenvalue weighted by atomic mass is 79.9. The zero-order chi connectivity index (χ0) is 12.8. The first-order valence-electron chi connectivity index (χ1n) is 6.67. The molecule has 1 fully saturated rings. The molecule has 1 aliphatic heterocycles. The molecule has 2 nitrogen and oxygen atoms in total. The van der Waals surface area contributed by atoms with Gasteiger partial charge < -0.3 is 4.90 Å². The zero-order valence-electron chi connectivity index (χ0n) is 10.6. The van der Waals surface area contributed by atoms with Crippen LogP contribution in [0.15, 0.2) is 30.3 Å². The maximum absolute atomic E-state index is 12.1.